The summed E-state index contributed by atoms with van der Waals surface area (Å²) in [6.07, 6.45) is 2.48. The van der Waals surface area contributed by atoms with Crippen molar-refractivity contribution in [1.82, 2.24) is 4.90 Å². The van der Waals surface area contributed by atoms with Crippen LogP contribution in [0.3, 0.4) is 0 Å². The number of carboxylic acid groups (broad SMARTS) is 1. The van der Waals surface area contributed by atoms with E-state index in [0.717, 1.165) is 22.7 Å². The van der Waals surface area contributed by atoms with Crippen LogP contribution in [0.2, 0.25) is 0 Å². The Kier molecular flexibility index (Phi) is 5.08. The number of aliphatic carboxylic acids is 1. The molecule has 0 saturated heterocycles. The second kappa shape index (κ2) is 7.27. The summed E-state index contributed by atoms with van der Waals surface area (Å²) in [5.41, 5.74) is 2.43. The molecule has 1 aliphatic rings. The third kappa shape index (κ3) is 4.02. The van der Waals surface area contributed by atoms with E-state index in [0.29, 0.717) is 12.5 Å². The molecule has 3 rings (SSSR count). The van der Waals surface area contributed by atoms with Gasteiger partial charge < -0.3 is 10.0 Å². The number of fused-ring (bicyclic) bond motifs is 1. The first-order chi connectivity index (χ1) is 12.0. The van der Waals surface area contributed by atoms with Gasteiger partial charge in [-0.15, -0.1) is 0 Å². The summed E-state index contributed by atoms with van der Waals surface area (Å²) >= 11 is 0.933. The highest BCUT2D eigenvalue weighted by molar-refractivity contribution is 8.14. The first kappa shape index (κ1) is 17.5. The SMILES string of the molecule is CC(=N)N(Cc1ccc(C2CC2)c2ccccc12)C(=N)SCC(=O)O. The summed E-state index contributed by atoms with van der Waals surface area (Å²) in [7, 11) is 0. The number of thioether (sulfide) groups is 1. The summed E-state index contributed by atoms with van der Waals surface area (Å²) in [5.74, 6) is -0.247. The second-order valence-corrected chi connectivity index (χ2v) is 7.26. The third-order valence-electron chi connectivity index (χ3n) is 4.38. The quantitative estimate of drug-likeness (QED) is 0.552. The molecule has 0 bridgehead atoms. The molecule has 0 atom stereocenters. The molecule has 5 nitrogen and oxygen atoms in total. The largest absolute Gasteiger partial charge is 0.481 e. The van der Waals surface area contributed by atoms with Crippen molar-refractivity contribution in [1.29, 1.82) is 10.8 Å². The molecule has 1 saturated carbocycles. The Labute approximate surface area is 151 Å². The number of amidine groups is 2. The van der Waals surface area contributed by atoms with Crippen LogP contribution >= 0.6 is 11.8 Å². The van der Waals surface area contributed by atoms with Gasteiger partial charge in [0.2, 0.25) is 0 Å². The molecule has 0 radical (unpaired) electrons. The van der Waals surface area contributed by atoms with Crippen LogP contribution in [0.25, 0.3) is 10.8 Å². The number of nitrogens with one attached hydrogen (secondary N) is 2. The summed E-state index contributed by atoms with van der Waals surface area (Å²) in [5, 5.41) is 27.4. The van der Waals surface area contributed by atoms with Crippen LogP contribution in [-0.2, 0) is 11.3 Å². The molecule has 0 unspecified atom stereocenters. The van der Waals surface area contributed by atoms with E-state index in [1.807, 2.05) is 12.1 Å². The van der Waals surface area contributed by atoms with E-state index >= 15 is 0 Å². The lowest BCUT2D eigenvalue weighted by molar-refractivity contribution is -0.133. The van der Waals surface area contributed by atoms with Gasteiger partial charge in [0.05, 0.1) is 18.1 Å². The van der Waals surface area contributed by atoms with Gasteiger partial charge in [-0.1, -0.05) is 48.2 Å². The molecule has 0 heterocycles. The summed E-state index contributed by atoms with van der Waals surface area (Å²) in [4.78, 5) is 12.3. The molecular formula is C19H21N3O2S. The monoisotopic (exact) mass is 355 g/mol. The number of carbonyl (C=O) groups is 1. The van der Waals surface area contributed by atoms with Crippen molar-refractivity contribution in [2.24, 2.45) is 0 Å². The minimum atomic E-state index is -0.962. The summed E-state index contributed by atoms with van der Waals surface area (Å²) < 4.78 is 0. The van der Waals surface area contributed by atoms with Crippen LogP contribution in [-0.4, -0.2) is 32.7 Å². The zero-order chi connectivity index (χ0) is 18.0. The molecule has 0 spiro atoms. The molecule has 2 aromatic rings. The Morgan fingerprint density at radius 2 is 1.88 bits per heavy atom. The minimum Gasteiger partial charge on any atom is -0.481 e. The van der Waals surface area contributed by atoms with Crippen LogP contribution in [0.15, 0.2) is 36.4 Å². The fourth-order valence-corrected chi connectivity index (χ4v) is 3.61. The Bertz CT molecular complexity index is 846. The highest BCUT2D eigenvalue weighted by Gasteiger charge is 2.26. The van der Waals surface area contributed by atoms with Gasteiger partial charge in [0.15, 0.2) is 5.17 Å². The topological polar surface area (TPSA) is 88.2 Å². The zero-order valence-electron chi connectivity index (χ0n) is 14.1. The lowest BCUT2D eigenvalue weighted by Crippen LogP contribution is -2.32. The van der Waals surface area contributed by atoms with Crippen LogP contribution in [0.1, 0.15) is 36.8 Å². The van der Waals surface area contributed by atoms with E-state index in [1.54, 1.807) is 11.8 Å². The van der Waals surface area contributed by atoms with Gasteiger partial charge in [-0.3, -0.25) is 15.6 Å². The molecule has 3 N–H and O–H groups in total. The van der Waals surface area contributed by atoms with Crippen LogP contribution in [0.4, 0.5) is 0 Å². The van der Waals surface area contributed by atoms with Crippen LogP contribution < -0.4 is 0 Å². The lowest BCUT2D eigenvalue weighted by atomic mass is 9.97. The number of hydrogen-bond acceptors (Lipinski definition) is 4. The van der Waals surface area contributed by atoms with Crippen molar-refractivity contribution < 1.29 is 9.90 Å². The van der Waals surface area contributed by atoms with Crippen LogP contribution in [0.5, 0.6) is 0 Å². The fourth-order valence-electron chi connectivity index (χ4n) is 2.99. The molecule has 6 heteroatoms. The average Bonchev–Trinajstić information content (AvgIpc) is 3.42. The maximum absolute atomic E-state index is 10.7. The van der Waals surface area contributed by atoms with E-state index in [2.05, 4.69) is 24.3 Å². The molecule has 2 aromatic carbocycles. The van der Waals surface area contributed by atoms with E-state index in [1.165, 1.54) is 23.8 Å². The standard InChI is InChI=1S/C19H21N3O2S/c1-12(20)22(19(21)25-11-18(23)24)10-14-8-9-16(13-6-7-13)17-5-3-2-4-15(14)17/h2-5,8-9,13,20-21H,6-7,10-11H2,1H3,(H,23,24). The maximum Gasteiger partial charge on any atom is 0.313 e. The van der Waals surface area contributed by atoms with Crippen molar-refractivity contribution in [3.63, 3.8) is 0 Å². The van der Waals surface area contributed by atoms with Crippen molar-refractivity contribution in [3.05, 3.63) is 47.5 Å². The molecular weight excluding hydrogens is 334 g/mol. The molecule has 25 heavy (non-hydrogen) atoms. The zero-order valence-corrected chi connectivity index (χ0v) is 14.9. The third-order valence-corrected chi connectivity index (χ3v) is 5.26. The molecule has 0 aromatic heterocycles. The average molecular weight is 355 g/mol. The molecule has 0 amide bonds. The molecule has 0 aliphatic heterocycles. The summed E-state index contributed by atoms with van der Waals surface area (Å²) in [6, 6.07) is 12.5. The molecule has 130 valence electrons. The number of nitrogens with zero attached hydrogens (tertiary/aromatic N) is 1. The Morgan fingerprint density at radius 1 is 1.20 bits per heavy atom. The Morgan fingerprint density at radius 3 is 2.48 bits per heavy atom. The van der Waals surface area contributed by atoms with Gasteiger partial charge in [0.1, 0.15) is 0 Å². The lowest BCUT2D eigenvalue weighted by Gasteiger charge is -2.24. The van der Waals surface area contributed by atoms with Gasteiger partial charge in [-0.25, -0.2) is 0 Å². The molecule has 1 aliphatic carbocycles. The van der Waals surface area contributed by atoms with Gasteiger partial charge in [-0.05, 0) is 47.6 Å². The summed E-state index contributed by atoms with van der Waals surface area (Å²) in [6.45, 7) is 2.02. The van der Waals surface area contributed by atoms with E-state index < -0.39 is 5.97 Å². The number of rotatable bonds is 5. The van der Waals surface area contributed by atoms with Gasteiger partial charge in [-0.2, -0.15) is 0 Å². The highest BCUT2D eigenvalue weighted by Crippen LogP contribution is 2.43. The first-order valence-corrected chi connectivity index (χ1v) is 9.22. The Hall–Kier alpha value is -2.34. The smallest absolute Gasteiger partial charge is 0.313 e. The van der Waals surface area contributed by atoms with Gasteiger partial charge in [0.25, 0.3) is 0 Å². The first-order valence-electron chi connectivity index (χ1n) is 8.23. The van der Waals surface area contributed by atoms with Gasteiger partial charge >= 0.3 is 5.97 Å². The minimum absolute atomic E-state index is 0.0882. The van der Waals surface area contributed by atoms with E-state index in [4.69, 9.17) is 15.9 Å². The van der Waals surface area contributed by atoms with Crippen molar-refractivity contribution in [2.45, 2.75) is 32.2 Å². The van der Waals surface area contributed by atoms with E-state index in [9.17, 15) is 4.79 Å². The molecule has 1 fully saturated rings. The fraction of sp³-hybridized carbons (Fsp3) is 0.316. The number of carboxylic acids is 1. The van der Waals surface area contributed by atoms with Gasteiger partial charge in [0, 0.05) is 0 Å². The predicted octanol–water partition coefficient (Wildman–Crippen LogP) is 4.27. The van der Waals surface area contributed by atoms with Crippen molar-refractivity contribution >= 4 is 39.5 Å². The number of hydrogen-bond donors (Lipinski definition) is 3. The van der Waals surface area contributed by atoms with Crippen LogP contribution in [0, 0.1) is 10.8 Å². The van der Waals surface area contributed by atoms with Crippen molar-refractivity contribution in [3.8, 4) is 0 Å². The number of benzene rings is 2. The van der Waals surface area contributed by atoms with Crippen molar-refractivity contribution in [2.75, 3.05) is 5.75 Å². The maximum atomic E-state index is 10.7. The predicted molar refractivity (Wildman–Crippen MR) is 103 cm³/mol. The van der Waals surface area contributed by atoms with E-state index in [-0.39, 0.29) is 16.8 Å². The normalized spacial score (nSPS) is 13.6. The second-order valence-electron chi connectivity index (χ2n) is 6.29. The highest BCUT2D eigenvalue weighted by atomic mass is 32.2. The Balaban J connectivity index is 1.90.